The topological polar surface area (TPSA) is 204 Å². The van der Waals surface area contributed by atoms with Crippen LogP contribution in [0, 0.1) is 0 Å². The molecule has 0 spiro atoms. The second kappa shape index (κ2) is 21.4. The lowest BCUT2D eigenvalue weighted by Gasteiger charge is -2.18. The molecule has 0 saturated carbocycles. The van der Waals surface area contributed by atoms with Gasteiger partial charge in [0, 0.05) is 38.8 Å². The molecule has 0 aliphatic heterocycles. The number of amides is 1. The lowest BCUT2D eigenvalue weighted by molar-refractivity contribution is -0.124. The van der Waals surface area contributed by atoms with Crippen LogP contribution in [0.2, 0.25) is 0 Å². The fourth-order valence-corrected chi connectivity index (χ4v) is 8.34. The van der Waals surface area contributed by atoms with Crippen molar-refractivity contribution in [3.05, 3.63) is 227 Å². The summed E-state index contributed by atoms with van der Waals surface area (Å²) in [5.74, 6) is -0.189. The Labute approximate surface area is 388 Å². The van der Waals surface area contributed by atoms with E-state index >= 15 is 0 Å². The third-order valence-corrected chi connectivity index (χ3v) is 11.9. The number of carbonyl (C=O) groups excluding carboxylic acids is 1. The maximum absolute atomic E-state index is 13.6. The number of carbonyl (C=O) groups is 1. The highest BCUT2D eigenvalue weighted by molar-refractivity contribution is 5.80. The molecule has 9 aromatic rings. The van der Waals surface area contributed by atoms with Crippen molar-refractivity contribution in [2.75, 3.05) is 13.1 Å². The number of hydrogen-bond acceptors (Lipinski definition) is 11. The molecule has 9 rings (SSSR count). The molecule has 1 amide bonds. The number of nitrogens with zero attached hydrogens (tertiary/aromatic N) is 12. The van der Waals surface area contributed by atoms with Crippen LogP contribution in [0.1, 0.15) is 80.8 Å². The first-order chi connectivity index (χ1) is 33.0. The van der Waals surface area contributed by atoms with Gasteiger partial charge in [0.15, 0.2) is 0 Å². The van der Waals surface area contributed by atoms with Crippen molar-refractivity contribution in [2.24, 2.45) is 11.5 Å². The van der Waals surface area contributed by atoms with Gasteiger partial charge in [-0.3, -0.25) is 4.79 Å². The normalized spacial score (nSPS) is 13.7. The van der Waals surface area contributed by atoms with Crippen LogP contribution in [-0.4, -0.2) is 79.0 Å². The van der Waals surface area contributed by atoms with E-state index in [1.54, 1.807) is 4.68 Å². The summed E-state index contributed by atoms with van der Waals surface area (Å²) in [5, 5.41) is 40.5. The fraction of sp³-hybridized carbons (Fsp3) is 0.235. The predicted octanol–water partition coefficient (Wildman–Crippen LogP) is 5.65. The summed E-state index contributed by atoms with van der Waals surface area (Å²) in [6, 6.07) is 48.5. The number of benzene rings is 5. The van der Waals surface area contributed by atoms with E-state index in [4.69, 9.17) is 32.1 Å². The largest absolute Gasteiger partial charge is 0.353 e. The van der Waals surface area contributed by atoms with Crippen molar-refractivity contribution in [1.29, 1.82) is 0 Å². The first kappa shape index (κ1) is 44.3. The van der Waals surface area contributed by atoms with E-state index in [-0.39, 0.29) is 18.0 Å². The number of aromatic nitrogens is 12. The van der Waals surface area contributed by atoms with Gasteiger partial charge in [0.2, 0.25) is 5.91 Å². The monoisotopic (exact) mass is 891 g/mol. The van der Waals surface area contributed by atoms with Gasteiger partial charge in [-0.05, 0) is 34.2 Å². The molecule has 0 radical (unpaired) electrons. The molecule has 67 heavy (non-hydrogen) atoms. The van der Waals surface area contributed by atoms with Gasteiger partial charge in [0.1, 0.15) is 41.2 Å². The second-order valence-corrected chi connectivity index (χ2v) is 16.7. The summed E-state index contributed by atoms with van der Waals surface area (Å²) in [5.41, 5.74) is 20.6. The Morgan fingerprint density at radius 2 is 0.746 bits per heavy atom. The van der Waals surface area contributed by atoms with Gasteiger partial charge >= 0.3 is 0 Å². The molecule has 0 bridgehead atoms. The number of rotatable bonds is 21. The Morgan fingerprint density at radius 3 is 1.13 bits per heavy atom. The summed E-state index contributed by atoms with van der Waals surface area (Å²) in [6.45, 7) is 0.670. The van der Waals surface area contributed by atoms with Crippen molar-refractivity contribution < 1.29 is 4.79 Å². The average Bonchev–Trinajstić information content (AvgIpc) is 4.23. The molecule has 338 valence electrons. The molecule has 0 fully saturated rings. The molecule has 4 aromatic heterocycles. The van der Waals surface area contributed by atoms with Crippen LogP contribution in [0.15, 0.2) is 176 Å². The van der Waals surface area contributed by atoms with E-state index in [2.05, 4.69) is 74.5 Å². The number of nitrogens with one attached hydrogen (secondary N) is 1. The molecule has 0 unspecified atom stereocenters. The van der Waals surface area contributed by atoms with Gasteiger partial charge in [-0.1, -0.05) is 173 Å². The molecule has 0 aliphatic rings. The lowest BCUT2D eigenvalue weighted by Crippen LogP contribution is -2.37. The van der Waals surface area contributed by atoms with E-state index in [0.717, 1.165) is 27.8 Å². The highest BCUT2D eigenvalue weighted by atomic mass is 16.2. The van der Waals surface area contributed by atoms with Crippen LogP contribution >= 0.6 is 0 Å². The smallest absolute Gasteiger partial charge is 0.245 e. The maximum Gasteiger partial charge on any atom is 0.245 e. The van der Waals surface area contributed by atoms with Crippen molar-refractivity contribution in [3.63, 3.8) is 0 Å². The maximum atomic E-state index is 13.6. The van der Waals surface area contributed by atoms with Crippen LogP contribution in [0.25, 0.3) is 0 Å². The SMILES string of the molecule is NCCNC(=O)[C@H](Cc1ccccc1)n1cc([C@H](Cc2ccccc2)n2cc([C@H](Cc3ccccc3)n3cc([C@H](Cc4ccccc4)n4cc([C@@H](N)Cc5ccccc5)nn4)nn3)nn2)nn1. The van der Waals surface area contributed by atoms with Crippen molar-refractivity contribution >= 4 is 5.91 Å². The van der Waals surface area contributed by atoms with Gasteiger partial charge < -0.3 is 16.8 Å². The molecule has 5 atom stereocenters. The van der Waals surface area contributed by atoms with Gasteiger partial charge in [0.25, 0.3) is 0 Å². The molecule has 16 nitrogen and oxygen atoms in total. The highest BCUT2D eigenvalue weighted by Gasteiger charge is 2.29. The van der Waals surface area contributed by atoms with Crippen LogP contribution in [0.3, 0.4) is 0 Å². The summed E-state index contributed by atoms with van der Waals surface area (Å²) in [6.07, 6.45) is 10.4. The quantitative estimate of drug-likeness (QED) is 0.0805. The molecular formula is C51H53N15O. The summed E-state index contributed by atoms with van der Waals surface area (Å²) >= 11 is 0. The first-order valence-corrected chi connectivity index (χ1v) is 22.6. The third-order valence-electron chi connectivity index (χ3n) is 11.9. The van der Waals surface area contributed by atoms with Gasteiger partial charge in [-0.2, -0.15) is 0 Å². The minimum Gasteiger partial charge on any atom is -0.353 e. The van der Waals surface area contributed by atoms with Crippen LogP contribution in [0.4, 0.5) is 0 Å². The van der Waals surface area contributed by atoms with E-state index in [1.807, 2.05) is 142 Å². The van der Waals surface area contributed by atoms with Gasteiger partial charge in [0.05, 0.1) is 36.5 Å². The third kappa shape index (κ3) is 11.1. The molecule has 0 aliphatic carbocycles. The summed E-state index contributed by atoms with van der Waals surface area (Å²) in [7, 11) is 0. The lowest BCUT2D eigenvalue weighted by atomic mass is 10.0. The Kier molecular flexibility index (Phi) is 14.1. The molecular weight excluding hydrogens is 839 g/mol. The number of hydrogen-bond donors (Lipinski definition) is 3. The average molecular weight is 892 g/mol. The van der Waals surface area contributed by atoms with Crippen molar-refractivity contribution in [3.8, 4) is 0 Å². The van der Waals surface area contributed by atoms with Crippen LogP contribution in [-0.2, 0) is 36.9 Å². The Balaban J connectivity index is 1.05. The minimum atomic E-state index is -0.656. The summed E-state index contributed by atoms with van der Waals surface area (Å²) < 4.78 is 7.18. The Bertz CT molecular complexity index is 2900. The minimum absolute atomic E-state index is 0.189. The second-order valence-electron chi connectivity index (χ2n) is 16.7. The fourth-order valence-electron chi connectivity index (χ4n) is 8.34. The molecule has 0 saturated heterocycles. The van der Waals surface area contributed by atoms with Crippen LogP contribution in [0.5, 0.6) is 0 Å². The molecule has 16 heteroatoms. The first-order valence-electron chi connectivity index (χ1n) is 22.6. The van der Waals surface area contributed by atoms with Crippen LogP contribution < -0.4 is 16.8 Å². The summed E-state index contributed by atoms with van der Waals surface area (Å²) in [4.78, 5) is 13.6. The number of nitrogens with two attached hydrogens (primary N) is 2. The van der Waals surface area contributed by atoms with Gasteiger partial charge in [-0.15, -0.1) is 20.4 Å². The predicted molar refractivity (Wildman–Crippen MR) is 253 cm³/mol. The molecule has 5 aromatic carbocycles. The zero-order valence-electron chi connectivity index (χ0n) is 37.0. The van der Waals surface area contributed by atoms with Gasteiger partial charge in [-0.25, -0.2) is 18.7 Å². The van der Waals surface area contributed by atoms with E-state index in [1.165, 1.54) is 0 Å². The van der Waals surface area contributed by atoms with E-state index in [9.17, 15) is 4.79 Å². The van der Waals surface area contributed by atoms with Crippen molar-refractivity contribution in [1.82, 2.24) is 65.3 Å². The zero-order chi connectivity index (χ0) is 45.8. The highest BCUT2D eigenvalue weighted by Crippen LogP contribution is 2.29. The zero-order valence-corrected chi connectivity index (χ0v) is 37.0. The van der Waals surface area contributed by atoms with Crippen molar-refractivity contribution in [2.45, 2.75) is 62.3 Å². The molecule has 5 N–H and O–H groups in total. The Morgan fingerprint density at radius 1 is 0.433 bits per heavy atom. The molecule has 4 heterocycles. The standard InChI is InChI=1S/C51H53N15O/c52-26-27-54-51(67)50(32-41-24-14-5-15-25-41)66-36-46(58-62-66)49(31-40-22-12-4-13-23-40)65-35-45(57-61-65)48(30-39-20-10-3-11-21-39)64-34-44(56-60-64)47(29-38-18-8-2-9-19-38)63-33-43(55-59-63)42(53)28-37-16-6-1-7-17-37/h1-25,33-36,42,47-50H,26-32,52-53H2,(H,54,67)/t42-,47-,48-,49-,50-/m0/s1. The Hall–Kier alpha value is -7.95. The van der Waals surface area contributed by atoms with E-state index < -0.39 is 18.1 Å². The van der Waals surface area contributed by atoms with E-state index in [0.29, 0.717) is 68.0 Å².